The monoisotopic (exact) mass is 229 g/mol. The molecule has 4 heteroatoms. The van der Waals surface area contributed by atoms with Crippen molar-refractivity contribution in [3.8, 4) is 0 Å². The van der Waals surface area contributed by atoms with Crippen LogP contribution in [0.1, 0.15) is 41.0 Å². The Balaban J connectivity index is 4.21. The molecule has 0 saturated heterocycles. The van der Waals surface area contributed by atoms with E-state index in [1.807, 2.05) is 0 Å². The number of amides is 1. The molecule has 1 N–H and O–H groups in total. The van der Waals surface area contributed by atoms with Gasteiger partial charge in [0.1, 0.15) is 5.41 Å². The normalized spacial score (nSPS) is 12.1. The molecule has 0 aromatic rings. The van der Waals surface area contributed by atoms with E-state index in [2.05, 4.69) is 30.8 Å². The van der Waals surface area contributed by atoms with E-state index in [9.17, 15) is 9.59 Å². The molecule has 0 radical (unpaired) electrons. The van der Waals surface area contributed by atoms with Crippen LogP contribution in [0.25, 0.3) is 0 Å². The van der Waals surface area contributed by atoms with E-state index in [1.54, 1.807) is 13.8 Å². The first kappa shape index (κ1) is 14.9. The minimum Gasteiger partial charge on any atom is -0.468 e. The zero-order chi connectivity index (χ0) is 13.0. The van der Waals surface area contributed by atoms with Crippen molar-refractivity contribution in [1.82, 2.24) is 5.32 Å². The lowest BCUT2D eigenvalue weighted by Crippen LogP contribution is -2.43. The largest absolute Gasteiger partial charge is 0.468 e. The fraction of sp³-hybridized carbons (Fsp3) is 0.833. The summed E-state index contributed by atoms with van der Waals surface area (Å²) in [5, 5.41) is 2.75. The van der Waals surface area contributed by atoms with Crippen LogP contribution in [0.5, 0.6) is 0 Å². The number of ether oxygens (including phenoxy) is 1. The number of carbonyl (C=O) groups excluding carboxylic acids is 2. The van der Waals surface area contributed by atoms with Gasteiger partial charge in [0.05, 0.1) is 7.11 Å². The molecule has 0 atom stereocenters. The number of carbonyl (C=O) groups is 2. The first-order valence-electron chi connectivity index (χ1n) is 5.48. The Hall–Kier alpha value is -1.06. The predicted octanol–water partition coefficient (Wildman–Crippen LogP) is 1.74. The van der Waals surface area contributed by atoms with Crippen molar-refractivity contribution in [3.05, 3.63) is 0 Å². The summed E-state index contributed by atoms with van der Waals surface area (Å²) in [6, 6.07) is 0. The molecule has 0 rings (SSSR count). The van der Waals surface area contributed by atoms with Crippen molar-refractivity contribution in [2.75, 3.05) is 13.7 Å². The minimum absolute atomic E-state index is 0.169. The average molecular weight is 229 g/mol. The summed E-state index contributed by atoms with van der Waals surface area (Å²) >= 11 is 0. The summed E-state index contributed by atoms with van der Waals surface area (Å²) in [6.45, 7) is 10.00. The van der Waals surface area contributed by atoms with Crippen LogP contribution in [0.15, 0.2) is 0 Å². The number of nitrogens with one attached hydrogen (secondary N) is 1. The van der Waals surface area contributed by atoms with Gasteiger partial charge in [0.15, 0.2) is 0 Å². The van der Waals surface area contributed by atoms with E-state index >= 15 is 0 Å². The Bertz CT molecular complexity index is 264. The molecule has 0 aromatic heterocycles. The van der Waals surface area contributed by atoms with Gasteiger partial charge >= 0.3 is 5.97 Å². The molecule has 0 unspecified atom stereocenters. The third-order valence-electron chi connectivity index (χ3n) is 2.42. The Morgan fingerprint density at radius 2 is 1.62 bits per heavy atom. The third kappa shape index (κ3) is 4.64. The summed E-state index contributed by atoms with van der Waals surface area (Å²) in [7, 11) is 1.28. The highest BCUT2D eigenvalue weighted by molar-refractivity contribution is 6.01. The molecule has 0 heterocycles. The molecule has 0 bridgehead atoms. The van der Waals surface area contributed by atoms with Crippen molar-refractivity contribution in [1.29, 1.82) is 0 Å². The summed E-state index contributed by atoms with van der Waals surface area (Å²) in [5.74, 6) is -0.802. The maximum absolute atomic E-state index is 11.7. The second kappa shape index (κ2) is 5.32. The fourth-order valence-electron chi connectivity index (χ4n) is 1.12. The van der Waals surface area contributed by atoms with Gasteiger partial charge in [-0.25, -0.2) is 0 Å². The van der Waals surface area contributed by atoms with Gasteiger partial charge in [-0.3, -0.25) is 9.59 Å². The highest BCUT2D eigenvalue weighted by Crippen LogP contribution is 2.19. The maximum atomic E-state index is 11.7. The first-order valence-corrected chi connectivity index (χ1v) is 5.48. The highest BCUT2D eigenvalue weighted by Gasteiger charge is 2.36. The van der Waals surface area contributed by atoms with Crippen LogP contribution in [0.4, 0.5) is 0 Å². The zero-order valence-electron chi connectivity index (χ0n) is 11.1. The molecule has 0 aliphatic carbocycles. The van der Waals surface area contributed by atoms with Crippen molar-refractivity contribution in [2.45, 2.75) is 41.0 Å². The summed E-state index contributed by atoms with van der Waals surface area (Å²) in [4.78, 5) is 23.1. The highest BCUT2D eigenvalue weighted by atomic mass is 16.5. The molecule has 4 nitrogen and oxygen atoms in total. The maximum Gasteiger partial charge on any atom is 0.320 e. The van der Waals surface area contributed by atoms with Crippen LogP contribution in [0.3, 0.4) is 0 Å². The van der Waals surface area contributed by atoms with Gasteiger partial charge in [0.2, 0.25) is 5.91 Å². The van der Waals surface area contributed by atoms with Crippen molar-refractivity contribution in [3.63, 3.8) is 0 Å². The molecular weight excluding hydrogens is 206 g/mol. The van der Waals surface area contributed by atoms with Gasteiger partial charge in [0, 0.05) is 6.54 Å². The van der Waals surface area contributed by atoms with Gasteiger partial charge in [0.25, 0.3) is 0 Å². The van der Waals surface area contributed by atoms with E-state index < -0.39 is 11.4 Å². The molecule has 0 spiro atoms. The van der Waals surface area contributed by atoms with Crippen molar-refractivity contribution < 1.29 is 14.3 Å². The van der Waals surface area contributed by atoms with E-state index in [0.29, 0.717) is 6.54 Å². The first-order chi connectivity index (χ1) is 7.11. The lowest BCUT2D eigenvalue weighted by atomic mass is 9.90. The zero-order valence-corrected chi connectivity index (χ0v) is 11.1. The number of hydrogen-bond acceptors (Lipinski definition) is 3. The van der Waals surface area contributed by atoms with E-state index in [4.69, 9.17) is 0 Å². The number of methoxy groups -OCH3 is 1. The number of hydrogen-bond donors (Lipinski definition) is 1. The lowest BCUT2D eigenvalue weighted by Gasteiger charge is -2.23. The van der Waals surface area contributed by atoms with Crippen LogP contribution in [-0.2, 0) is 14.3 Å². The molecule has 0 aliphatic heterocycles. The van der Waals surface area contributed by atoms with Crippen LogP contribution in [-0.4, -0.2) is 25.5 Å². The number of esters is 1. The van der Waals surface area contributed by atoms with Gasteiger partial charge in [-0.15, -0.1) is 0 Å². The fourth-order valence-corrected chi connectivity index (χ4v) is 1.12. The predicted molar refractivity (Wildman–Crippen MR) is 62.9 cm³/mol. The minimum atomic E-state index is -1.12. The molecular formula is C12H23NO3. The van der Waals surface area contributed by atoms with Crippen LogP contribution in [0, 0.1) is 10.8 Å². The second-order valence-corrected chi connectivity index (χ2v) is 5.68. The molecule has 16 heavy (non-hydrogen) atoms. The molecule has 1 amide bonds. The Morgan fingerprint density at radius 1 is 1.12 bits per heavy atom. The summed E-state index contributed by atoms with van der Waals surface area (Å²) < 4.78 is 4.58. The van der Waals surface area contributed by atoms with Crippen LogP contribution in [0.2, 0.25) is 0 Å². The number of rotatable bonds is 4. The van der Waals surface area contributed by atoms with E-state index in [-0.39, 0.29) is 11.3 Å². The van der Waals surface area contributed by atoms with Gasteiger partial charge in [-0.2, -0.15) is 0 Å². The molecule has 0 aliphatic rings. The lowest BCUT2D eigenvalue weighted by molar-refractivity contribution is -0.156. The summed E-state index contributed by atoms with van der Waals surface area (Å²) in [6.07, 6.45) is 0.871. The van der Waals surface area contributed by atoms with Crippen LogP contribution >= 0.6 is 0 Å². The Morgan fingerprint density at radius 3 is 2.00 bits per heavy atom. The van der Waals surface area contributed by atoms with Crippen molar-refractivity contribution in [2.24, 2.45) is 10.8 Å². The topological polar surface area (TPSA) is 55.4 Å². The molecule has 94 valence electrons. The molecule has 0 aromatic carbocycles. The average Bonchev–Trinajstić information content (AvgIpc) is 2.14. The molecule has 0 saturated carbocycles. The Kier molecular flexibility index (Phi) is 4.97. The van der Waals surface area contributed by atoms with E-state index in [1.165, 1.54) is 7.11 Å². The standard InChI is InChI=1S/C12H23NO3/c1-11(2,3)7-8-13-9(14)12(4,5)10(15)16-6/h7-8H2,1-6H3,(H,13,14). The van der Waals surface area contributed by atoms with Crippen LogP contribution < -0.4 is 5.32 Å². The van der Waals surface area contributed by atoms with E-state index in [0.717, 1.165) is 6.42 Å². The van der Waals surface area contributed by atoms with Gasteiger partial charge in [-0.1, -0.05) is 20.8 Å². The SMILES string of the molecule is COC(=O)C(C)(C)C(=O)NCCC(C)(C)C. The molecule has 0 fully saturated rings. The second-order valence-electron chi connectivity index (χ2n) is 5.68. The van der Waals surface area contributed by atoms with Gasteiger partial charge in [-0.05, 0) is 25.7 Å². The summed E-state index contributed by atoms with van der Waals surface area (Å²) in [5.41, 5.74) is -0.949. The van der Waals surface area contributed by atoms with Crippen molar-refractivity contribution >= 4 is 11.9 Å². The van der Waals surface area contributed by atoms with Gasteiger partial charge < -0.3 is 10.1 Å². The third-order valence-corrected chi connectivity index (χ3v) is 2.42. The quantitative estimate of drug-likeness (QED) is 0.590. The Labute approximate surface area is 97.7 Å². The smallest absolute Gasteiger partial charge is 0.320 e.